The Labute approximate surface area is 324 Å². The molecule has 2 aliphatic carbocycles. The second kappa shape index (κ2) is 28.0. The predicted octanol–water partition coefficient (Wildman–Crippen LogP) is 13.9. The highest BCUT2D eigenvalue weighted by atomic mass is 16.6. The van der Waals surface area contributed by atoms with Crippen molar-refractivity contribution in [2.45, 2.75) is 215 Å². The summed E-state index contributed by atoms with van der Waals surface area (Å²) in [6.07, 6.45) is 10.9. The van der Waals surface area contributed by atoms with Crippen LogP contribution in [0.2, 0.25) is 0 Å². The van der Waals surface area contributed by atoms with Gasteiger partial charge in [0.15, 0.2) is 0 Å². The van der Waals surface area contributed by atoms with Gasteiger partial charge in [-0.15, -0.1) is 0 Å². The van der Waals surface area contributed by atoms with Gasteiger partial charge in [-0.1, -0.05) is 98.2 Å². The molecule has 0 heterocycles. The SMILES string of the molecule is C.C.C.C.C.C.CCC(C)(C)C(=O)OC1(C(C)C)CCCC1.CCC(C)c1ccc(O)cc1.CCOC(=O)CC1(OC(=O)C(C)(C)CC)CCCC1. The zero-order chi connectivity index (χ0) is 35.2. The van der Waals surface area contributed by atoms with Crippen molar-refractivity contribution in [2.75, 3.05) is 6.61 Å². The third-order valence-corrected chi connectivity index (χ3v) is 10.3. The summed E-state index contributed by atoms with van der Waals surface area (Å²) in [5.74, 6) is 0.859. The highest BCUT2D eigenvalue weighted by molar-refractivity contribution is 5.78. The van der Waals surface area contributed by atoms with Crippen LogP contribution in [-0.4, -0.2) is 40.8 Å². The molecule has 0 bridgehead atoms. The number of ether oxygens (including phenoxy) is 3. The molecule has 2 saturated carbocycles. The fourth-order valence-corrected chi connectivity index (χ4v) is 5.56. The van der Waals surface area contributed by atoms with Gasteiger partial charge >= 0.3 is 17.9 Å². The molecule has 52 heavy (non-hydrogen) atoms. The van der Waals surface area contributed by atoms with E-state index in [0.29, 0.717) is 24.2 Å². The van der Waals surface area contributed by atoms with E-state index in [1.54, 1.807) is 19.1 Å². The zero-order valence-corrected chi connectivity index (χ0v) is 31.1. The lowest BCUT2D eigenvalue weighted by Gasteiger charge is -2.36. The van der Waals surface area contributed by atoms with E-state index < -0.39 is 11.0 Å². The minimum absolute atomic E-state index is 0. The molecule has 1 atom stereocenters. The standard InChI is InChI=1S/C15H26O4.C14H26O2.C10H14O.6CH4/c1-5-14(3,4)13(17)19-15(9-7-8-10-15)11-12(16)18-6-2;1-6-13(4,5)12(15)16-14(11(2)3)9-7-8-10-14;1-3-8(2)9-4-6-10(11)7-5-9;;;;;;/h5-11H2,1-4H3;11H,6-10H2,1-5H3;4-8,11H,3H2,1-2H3;6*1H4. The molecular weight excluding hydrogens is 652 g/mol. The van der Waals surface area contributed by atoms with E-state index >= 15 is 0 Å². The van der Waals surface area contributed by atoms with Gasteiger partial charge in [0.05, 0.1) is 23.9 Å². The first-order valence-electron chi connectivity index (χ1n) is 17.8. The average molecular weight is 743 g/mol. The zero-order valence-electron chi connectivity index (χ0n) is 31.1. The summed E-state index contributed by atoms with van der Waals surface area (Å²) < 4.78 is 16.6. The molecule has 312 valence electrons. The van der Waals surface area contributed by atoms with Gasteiger partial charge in [-0.2, -0.15) is 0 Å². The number of rotatable bonds is 12. The number of carbonyl (C=O) groups is 3. The number of benzene rings is 1. The van der Waals surface area contributed by atoms with Gasteiger partial charge in [-0.3, -0.25) is 14.4 Å². The second-order valence-electron chi connectivity index (χ2n) is 15.0. The molecule has 0 radical (unpaired) electrons. The van der Waals surface area contributed by atoms with Gasteiger partial charge in [0, 0.05) is 0 Å². The van der Waals surface area contributed by atoms with Crippen LogP contribution < -0.4 is 0 Å². The van der Waals surface area contributed by atoms with Crippen LogP contribution in [0.15, 0.2) is 24.3 Å². The van der Waals surface area contributed by atoms with Crippen molar-refractivity contribution in [3.05, 3.63) is 29.8 Å². The molecule has 1 N–H and O–H groups in total. The fourth-order valence-electron chi connectivity index (χ4n) is 5.56. The van der Waals surface area contributed by atoms with E-state index in [1.807, 2.05) is 53.7 Å². The average Bonchev–Trinajstić information content (AvgIpc) is 3.68. The van der Waals surface area contributed by atoms with Crippen molar-refractivity contribution in [3.8, 4) is 5.75 Å². The van der Waals surface area contributed by atoms with E-state index in [-0.39, 0.29) is 79.9 Å². The molecule has 0 spiro atoms. The number of phenols is 1. The van der Waals surface area contributed by atoms with Crippen LogP contribution in [0.5, 0.6) is 5.75 Å². The molecule has 0 saturated heterocycles. The van der Waals surface area contributed by atoms with Crippen LogP contribution in [0.3, 0.4) is 0 Å². The number of esters is 3. The molecule has 7 nitrogen and oxygen atoms in total. The van der Waals surface area contributed by atoms with Crippen LogP contribution in [0.1, 0.15) is 209 Å². The first kappa shape index (κ1) is 61.5. The molecule has 1 aromatic rings. The maximum absolute atomic E-state index is 12.2. The summed E-state index contributed by atoms with van der Waals surface area (Å²) in [7, 11) is 0. The molecule has 0 aromatic heterocycles. The predicted molar refractivity (Wildman–Crippen MR) is 226 cm³/mol. The Hall–Kier alpha value is -2.57. The molecule has 7 heteroatoms. The van der Waals surface area contributed by atoms with Crippen LogP contribution in [0.25, 0.3) is 0 Å². The second-order valence-corrected chi connectivity index (χ2v) is 15.0. The Bertz CT molecular complexity index is 1060. The molecule has 1 unspecified atom stereocenters. The largest absolute Gasteiger partial charge is 0.508 e. The summed E-state index contributed by atoms with van der Waals surface area (Å²) in [4.78, 5) is 36.1. The fraction of sp³-hybridized carbons (Fsp3) is 0.800. The molecule has 3 rings (SSSR count). The minimum atomic E-state index is -0.629. The van der Waals surface area contributed by atoms with E-state index in [2.05, 4.69) is 27.7 Å². The van der Waals surface area contributed by atoms with Crippen molar-refractivity contribution in [2.24, 2.45) is 16.7 Å². The van der Waals surface area contributed by atoms with E-state index in [4.69, 9.17) is 19.3 Å². The Balaban J connectivity index is -0.000000148. The van der Waals surface area contributed by atoms with E-state index in [0.717, 1.165) is 57.8 Å². The molecule has 1 aromatic carbocycles. The summed E-state index contributed by atoms with van der Waals surface area (Å²) in [6, 6.07) is 7.43. The Morgan fingerprint density at radius 2 is 1.10 bits per heavy atom. The number of carbonyl (C=O) groups excluding carboxylic acids is 3. The summed E-state index contributed by atoms with van der Waals surface area (Å²) in [6.45, 7) is 22.5. The van der Waals surface area contributed by atoms with Crippen LogP contribution in [-0.2, 0) is 28.6 Å². The van der Waals surface area contributed by atoms with E-state index in [9.17, 15) is 14.4 Å². The van der Waals surface area contributed by atoms with E-state index in [1.165, 1.54) is 18.4 Å². The maximum atomic E-state index is 12.2. The summed E-state index contributed by atoms with van der Waals surface area (Å²) in [5.41, 5.74) is -0.348. The number of hydrogen-bond acceptors (Lipinski definition) is 7. The lowest BCUT2D eigenvalue weighted by molar-refractivity contribution is -0.176. The highest BCUT2D eigenvalue weighted by Crippen LogP contribution is 2.41. The van der Waals surface area contributed by atoms with Crippen LogP contribution >= 0.6 is 0 Å². The first-order chi connectivity index (χ1) is 21.4. The summed E-state index contributed by atoms with van der Waals surface area (Å²) >= 11 is 0. The van der Waals surface area contributed by atoms with Crippen molar-refractivity contribution < 1.29 is 33.7 Å². The molecule has 2 aliphatic rings. The Morgan fingerprint density at radius 3 is 1.46 bits per heavy atom. The molecular formula is C45H90O7. The maximum Gasteiger partial charge on any atom is 0.312 e. The smallest absolute Gasteiger partial charge is 0.312 e. The number of hydrogen-bond donors (Lipinski definition) is 1. The van der Waals surface area contributed by atoms with Crippen molar-refractivity contribution in [3.63, 3.8) is 0 Å². The molecule has 2 fully saturated rings. The minimum Gasteiger partial charge on any atom is -0.508 e. The van der Waals surface area contributed by atoms with Crippen molar-refractivity contribution >= 4 is 17.9 Å². The normalized spacial score (nSPS) is 15.5. The lowest BCUT2D eigenvalue weighted by Crippen LogP contribution is -2.41. The summed E-state index contributed by atoms with van der Waals surface area (Å²) in [5, 5.41) is 9.01. The Morgan fingerprint density at radius 1 is 0.692 bits per heavy atom. The van der Waals surface area contributed by atoms with Gasteiger partial charge in [0.25, 0.3) is 0 Å². The van der Waals surface area contributed by atoms with Gasteiger partial charge < -0.3 is 19.3 Å². The number of aromatic hydroxyl groups is 1. The van der Waals surface area contributed by atoms with Gasteiger partial charge in [0.1, 0.15) is 17.0 Å². The van der Waals surface area contributed by atoms with Crippen molar-refractivity contribution in [1.82, 2.24) is 0 Å². The molecule has 0 aliphatic heterocycles. The van der Waals surface area contributed by atoms with Crippen LogP contribution in [0.4, 0.5) is 0 Å². The van der Waals surface area contributed by atoms with Gasteiger partial charge in [0.2, 0.25) is 0 Å². The number of phenolic OH excluding ortho intramolecular Hbond substituents is 1. The monoisotopic (exact) mass is 743 g/mol. The van der Waals surface area contributed by atoms with Gasteiger partial charge in [-0.05, 0) is 135 Å². The lowest BCUT2D eigenvalue weighted by atomic mass is 9.86. The quantitative estimate of drug-likeness (QED) is 0.168. The third kappa shape index (κ3) is 19.0. The highest BCUT2D eigenvalue weighted by Gasteiger charge is 2.44. The van der Waals surface area contributed by atoms with Crippen molar-refractivity contribution in [1.29, 1.82) is 0 Å². The Kier molecular flexibility index (Phi) is 33.0. The molecule has 0 amide bonds. The topological polar surface area (TPSA) is 99.1 Å². The first-order valence-corrected chi connectivity index (χ1v) is 17.8. The third-order valence-electron chi connectivity index (χ3n) is 10.3. The van der Waals surface area contributed by atoms with Gasteiger partial charge in [-0.25, -0.2) is 0 Å². The van der Waals surface area contributed by atoms with Crippen LogP contribution in [0, 0.1) is 16.7 Å².